The van der Waals surface area contributed by atoms with E-state index in [9.17, 15) is 19.8 Å². The first-order valence-corrected chi connectivity index (χ1v) is 13.3. The van der Waals surface area contributed by atoms with Crippen molar-refractivity contribution >= 4 is 18.0 Å². The van der Waals surface area contributed by atoms with Crippen LogP contribution in [0.25, 0.3) is 6.08 Å². The number of carbonyl (C=O) groups excluding carboxylic acids is 2. The molecule has 11 heteroatoms. The first-order chi connectivity index (χ1) is 18.9. The van der Waals surface area contributed by atoms with E-state index >= 15 is 0 Å². The van der Waals surface area contributed by atoms with Gasteiger partial charge in [-0.05, 0) is 38.8 Å². The van der Waals surface area contributed by atoms with Gasteiger partial charge in [0, 0.05) is 32.6 Å². The Kier molecular flexibility index (Phi) is 11.1. The third kappa shape index (κ3) is 8.77. The van der Waals surface area contributed by atoms with Crippen molar-refractivity contribution in [3.8, 4) is 11.5 Å². The number of fused-ring (bicyclic) bond motifs is 2. The minimum absolute atomic E-state index is 0.0247. The molecule has 1 amide bonds. The summed E-state index contributed by atoms with van der Waals surface area (Å²) in [7, 11) is 1.46. The molecular weight excluding hydrogens is 522 g/mol. The van der Waals surface area contributed by atoms with Crippen molar-refractivity contribution in [1.82, 2.24) is 5.32 Å². The Labute approximate surface area is 235 Å². The maximum atomic E-state index is 13.5. The number of aliphatic hydroxyl groups is 2. The molecule has 1 aromatic rings. The molecule has 11 nitrogen and oxygen atoms in total. The Bertz CT molecular complexity index is 1080. The maximum absolute atomic E-state index is 13.5. The Hall–Kier alpha value is -2.96. The maximum Gasteiger partial charge on any atom is 0.342 e. The second kappa shape index (κ2) is 14.1. The van der Waals surface area contributed by atoms with Crippen molar-refractivity contribution in [1.29, 1.82) is 0 Å². The summed E-state index contributed by atoms with van der Waals surface area (Å²) in [6.45, 7) is 8.38. The number of hydrogen-bond donors (Lipinski definition) is 3. The Balaban J connectivity index is 2.00. The van der Waals surface area contributed by atoms with Crippen LogP contribution < -0.4 is 14.8 Å². The number of ether oxygens (including phenoxy) is 6. The Morgan fingerprint density at radius 1 is 1.20 bits per heavy atom. The number of nitrogens with one attached hydrogen (secondary N) is 1. The summed E-state index contributed by atoms with van der Waals surface area (Å²) in [5.74, 6) is -1.46. The second-order valence-corrected chi connectivity index (χ2v) is 10.5. The van der Waals surface area contributed by atoms with Gasteiger partial charge in [0.05, 0.1) is 6.10 Å². The van der Waals surface area contributed by atoms with Crippen molar-refractivity contribution in [3.63, 3.8) is 0 Å². The van der Waals surface area contributed by atoms with E-state index in [2.05, 4.69) is 5.32 Å². The van der Waals surface area contributed by atoms with Crippen LogP contribution in [0.3, 0.4) is 0 Å². The topological polar surface area (TPSA) is 142 Å². The van der Waals surface area contributed by atoms with E-state index in [4.69, 9.17) is 28.4 Å². The summed E-state index contributed by atoms with van der Waals surface area (Å²) in [4.78, 5) is 24.6. The average Bonchev–Trinajstić information content (AvgIpc) is 3.21. The highest BCUT2D eigenvalue weighted by molar-refractivity contribution is 5.97. The number of rotatable bonds is 8. The molecule has 0 radical (unpaired) electrons. The number of amides is 1. The number of methoxy groups -OCH3 is 1. The van der Waals surface area contributed by atoms with Gasteiger partial charge in [-0.25, -0.2) is 4.79 Å². The van der Waals surface area contributed by atoms with Gasteiger partial charge in [-0.2, -0.15) is 0 Å². The van der Waals surface area contributed by atoms with E-state index in [1.165, 1.54) is 20.1 Å². The quantitative estimate of drug-likeness (QED) is 0.245. The zero-order chi connectivity index (χ0) is 29.4. The lowest BCUT2D eigenvalue weighted by atomic mass is 9.99. The molecule has 6 atom stereocenters. The van der Waals surface area contributed by atoms with E-state index in [0.717, 1.165) is 0 Å². The molecule has 0 saturated carbocycles. The number of esters is 1. The van der Waals surface area contributed by atoms with Crippen LogP contribution in [0.5, 0.6) is 11.5 Å². The molecule has 222 valence electrons. The van der Waals surface area contributed by atoms with E-state index in [1.54, 1.807) is 45.1 Å². The predicted octanol–water partition coefficient (Wildman–Crippen LogP) is 2.58. The van der Waals surface area contributed by atoms with Gasteiger partial charge in [-0.3, -0.25) is 4.79 Å². The summed E-state index contributed by atoms with van der Waals surface area (Å²) >= 11 is 0. The van der Waals surface area contributed by atoms with Gasteiger partial charge in [-0.15, -0.1) is 0 Å². The summed E-state index contributed by atoms with van der Waals surface area (Å²) < 4.78 is 34.5. The number of cyclic esters (lactones) is 1. The molecule has 1 aromatic carbocycles. The lowest BCUT2D eigenvalue weighted by molar-refractivity contribution is -0.152. The van der Waals surface area contributed by atoms with E-state index in [0.29, 0.717) is 17.7 Å². The monoisotopic (exact) mass is 563 g/mol. The Morgan fingerprint density at radius 3 is 2.65 bits per heavy atom. The van der Waals surface area contributed by atoms with E-state index < -0.39 is 42.3 Å². The molecule has 0 aromatic heterocycles. The van der Waals surface area contributed by atoms with Gasteiger partial charge in [0.2, 0.25) is 5.91 Å². The first kappa shape index (κ1) is 31.6. The zero-order valence-electron chi connectivity index (χ0n) is 23.9. The van der Waals surface area contributed by atoms with Crippen LogP contribution in [-0.2, 0) is 23.7 Å². The van der Waals surface area contributed by atoms with Crippen LogP contribution >= 0.6 is 0 Å². The van der Waals surface area contributed by atoms with Crippen LogP contribution in [-0.4, -0.2) is 85.5 Å². The molecule has 2 aliphatic rings. The van der Waals surface area contributed by atoms with Crippen LogP contribution in [0.15, 0.2) is 30.4 Å². The molecule has 3 rings (SSSR count). The van der Waals surface area contributed by atoms with Crippen LogP contribution in [0.2, 0.25) is 0 Å². The largest absolute Gasteiger partial charge is 0.491 e. The van der Waals surface area contributed by atoms with Gasteiger partial charge in [0.1, 0.15) is 48.1 Å². The summed E-state index contributed by atoms with van der Waals surface area (Å²) in [5, 5.41) is 23.6. The van der Waals surface area contributed by atoms with Gasteiger partial charge in [0.15, 0.2) is 12.6 Å². The summed E-state index contributed by atoms with van der Waals surface area (Å²) in [6.07, 6.45) is 3.94. The van der Waals surface area contributed by atoms with Crippen molar-refractivity contribution in [2.45, 2.75) is 77.3 Å². The average molecular weight is 564 g/mol. The molecule has 0 bridgehead atoms. The van der Waals surface area contributed by atoms with Gasteiger partial charge >= 0.3 is 5.97 Å². The zero-order valence-corrected chi connectivity index (χ0v) is 23.9. The van der Waals surface area contributed by atoms with Crippen molar-refractivity contribution in [2.75, 3.05) is 27.1 Å². The lowest BCUT2D eigenvalue weighted by Gasteiger charge is -2.23. The molecule has 1 saturated heterocycles. The molecule has 0 aliphatic carbocycles. The molecule has 40 heavy (non-hydrogen) atoms. The Morgan fingerprint density at radius 2 is 1.95 bits per heavy atom. The van der Waals surface area contributed by atoms with Crippen molar-refractivity contribution < 1.29 is 48.2 Å². The minimum atomic E-state index is -0.956. The van der Waals surface area contributed by atoms with Gasteiger partial charge in [0.25, 0.3) is 0 Å². The fraction of sp³-hybridized carbons (Fsp3) is 0.586. The number of benzene rings is 1. The molecule has 2 unspecified atom stereocenters. The number of carbonyl (C=O) groups is 2. The highest BCUT2D eigenvalue weighted by atomic mass is 16.8. The lowest BCUT2D eigenvalue weighted by Crippen LogP contribution is -2.34. The summed E-state index contributed by atoms with van der Waals surface area (Å²) in [5.41, 5.74) is 0.632. The van der Waals surface area contributed by atoms with Crippen LogP contribution in [0.1, 0.15) is 57.0 Å². The third-order valence-electron chi connectivity index (χ3n) is 6.54. The number of hydrogen-bond acceptors (Lipinski definition) is 10. The smallest absolute Gasteiger partial charge is 0.342 e. The van der Waals surface area contributed by atoms with Crippen molar-refractivity contribution in [3.05, 3.63) is 41.5 Å². The van der Waals surface area contributed by atoms with E-state index in [1.807, 2.05) is 13.0 Å². The number of aliphatic hydroxyl groups excluding tert-OH is 2. The normalized spacial score (nSPS) is 28.7. The first-order valence-electron chi connectivity index (χ1n) is 13.3. The molecular formula is C29H41NO10. The standard InChI is InChI=1S/C29H41NO10/c1-17-10-11-23(33)27-24(39-29(4,5)40-27)9-7-8-20-12-22(36-15-21(32)14-30-19(3)31)13-25(37-16-35-6)26(20)28(34)38-18(17)2/h7-8,10-13,17-18,21,23-24,27,32-33H,9,14-16H2,1-6H3,(H,30,31)/b8-7+,11-10-/t17-,18+,21?,23?,24+,27-/m1/s1. The van der Waals surface area contributed by atoms with Gasteiger partial charge in [-0.1, -0.05) is 31.2 Å². The van der Waals surface area contributed by atoms with E-state index in [-0.39, 0.29) is 43.1 Å². The minimum Gasteiger partial charge on any atom is -0.491 e. The molecule has 1 fully saturated rings. The second-order valence-electron chi connectivity index (χ2n) is 10.5. The van der Waals surface area contributed by atoms with Crippen LogP contribution in [0.4, 0.5) is 0 Å². The molecule has 3 N–H and O–H groups in total. The molecule has 2 heterocycles. The van der Waals surface area contributed by atoms with Crippen LogP contribution in [0, 0.1) is 5.92 Å². The fourth-order valence-corrected chi connectivity index (χ4v) is 4.35. The molecule has 2 aliphatic heterocycles. The third-order valence-corrected chi connectivity index (χ3v) is 6.54. The highest BCUT2D eigenvalue weighted by Gasteiger charge is 2.43. The fourth-order valence-electron chi connectivity index (χ4n) is 4.35. The predicted molar refractivity (Wildman–Crippen MR) is 146 cm³/mol. The summed E-state index contributed by atoms with van der Waals surface area (Å²) in [6, 6.07) is 3.16. The molecule has 0 spiro atoms. The van der Waals surface area contributed by atoms with Gasteiger partial charge < -0.3 is 44.0 Å². The van der Waals surface area contributed by atoms with Crippen molar-refractivity contribution in [2.24, 2.45) is 5.92 Å². The highest BCUT2D eigenvalue weighted by Crippen LogP contribution is 2.35. The SMILES string of the molecule is COCOc1cc(OCC(O)CNC(C)=O)cc2c1C(=O)O[C@@H](C)[C@H](C)/C=C\C(O)[C@H]1OC(C)(C)O[C@H]1C/C=C/2.